The van der Waals surface area contributed by atoms with Crippen LogP contribution in [0.25, 0.3) is 5.76 Å². The summed E-state index contributed by atoms with van der Waals surface area (Å²) in [4.78, 5) is 15.3. The lowest BCUT2D eigenvalue weighted by atomic mass is 10.2. The molecule has 0 aliphatic heterocycles. The van der Waals surface area contributed by atoms with Gasteiger partial charge in [-0.15, -0.1) is 0 Å². The van der Waals surface area contributed by atoms with Crippen LogP contribution < -0.4 is 0 Å². The number of carbonyl (C=O) groups is 1. The average molecular weight is 235 g/mol. The van der Waals surface area contributed by atoms with Gasteiger partial charge in [0, 0.05) is 12.3 Å². The van der Waals surface area contributed by atoms with E-state index in [0.29, 0.717) is 11.5 Å². The first-order chi connectivity index (χ1) is 7.38. The predicted octanol–water partition coefficient (Wildman–Crippen LogP) is 2.86. The Kier molecular flexibility index (Phi) is 4.01. The van der Waals surface area contributed by atoms with Gasteiger partial charge in [-0.1, -0.05) is 6.07 Å². The zero-order chi connectivity index (χ0) is 12.2. The van der Waals surface area contributed by atoms with Crippen LogP contribution in [0, 0.1) is 0 Å². The molecule has 0 aliphatic carbocycles. The third-order valence-electron chi connectivity index (χ3n) is 1.67. The molecule has 1 heterocycles. The van der Waals surface area contributed by atoms with Crippen LogP contribution in [0.2, 0.25) is 19.6 Å². The van der Waals surface area contributed by atoms with Gasteiger partial charge >= 0.3 is 0 Å². The Labute approximate surface area is 97.3 Å². The molecule has 0 unspecified atom stereocenters. The van der Waals surface area contributed by atoms with Gasteiger partial charge in [-0.3, -0.25) is 9.78 Å². The molecule has 86 valence electrons. The van der Waals surface area contributed by atoms with Crippen molar-refractivity contribution in [3.8, 4) is 0 Å². The molecule has 1 aromatic rings. The fourth-order valence-corrected chi connectivity index (χ4v) is 2.00. The monoisotopic (exact) mass is 235 g/mol. The van der Waals surface area contributed by atoms with E-state index in [9.17, 15) is 4.79 Å². The van der Waals surface area contributed by atoms with E-state index in [2.05, 4.69) is 24.6 Å². The predicted molar refractivity (Wildman–Crippen MR) is 67.3 cm³/mol. The maximum Gasteiger partial charge on any atom is 0.242 e. The number of hydrogen-bond acceptors (Lipinski definition) is 3. The number of rotatable bonds is 4. The van der Waals surface area contributed by atoms with Gasteiger partial charge in [0.15, 0.2) is 5.78 Å². The Morgan fingerprint density at radius 2 is 2.06 bits per heavy atom. The SMILES string of the molecule is CC(=O)/C=C(\O[Si](C)(C)C)c1ccccn1. The molecule has 0 N–H and O–H groups in total. The quantitative estimate of drug-likeness (QED) is 0.457. The number of allylic oxidation sites excluding steroid dienone is 1. The van der Waals surface area contributed by atoms with Crippen molar-refractivity contribution in [2.75, 3.05) is 0 Å². The number of hydrogen-bond donors (Lipinski definition) is 0. The molecule has 0 fully saturated rings. The molecule has 0 atom stereocenters. The van der Waals surface area contributed by atoms with E-state index in [-0.39, 0.29) is 5.78 Å². The average Bonchev–Trinajstić information content (AvgIpc) is 2.15. The Bertz CT molecular complexity index is 393. The first-order valence-electron chi connectivity index (χ1n) is 5.21. The Morgan fingerprint density at radius 3 is 2.50 bits per heavy atom. The first kappa shape index (κ1) is 12.6. The van der Waals surface area contributed by atoms with Crippen molar-refractivity contribution < 1.29 is 9.22 Å². The Hall–Kier alpha value is -1.42. The van der Waals surface area contributed by atoms with Gasteiger partial charge in [0.25, 0.3) is 0 Å². The summed E-state index contributed by atoms with van der Waals surface area (Å²) in [5.74, 6) is 0.547. The van der Waals surface area contributed by atoms with Gasteiger partial charge in [0.05, 0.1) is 0 Å². The van der Waals surface area contributed by atoms with Crippen LogP contribution in [0.15, 0.2) is 30.5 Å². The van der Waals surface area contributed by atoms with E-state index < -0.39 is 8.32 Å². The minimum absolute atomic E-state index is 0.0288. The van der Waals surface area contributed by atoms with E-state index in [0.717, 1.165) is 0 Å². The molecule has 3 nitrogen and oxygen atoms in total. The molecule has 1 aromatic heterocycles. The van der Waals surface area contributed by atoms with Crippen LogP contribution >= 0.6 is 0 Å². The highest BCUT2D eigenvalue weighted by atomic mass is 28.4. The van der Waals surface area contributed by atoms with Crippen LogP contribution in [-0.2, 0) is 9.22 Å². The highest BCUT2D eigenvalue weighted by molar-refractivity contribution is 6.70. The largest absolute Gasteiger partial charge is 0.543 e. The second-order valence-corrected chi connectivity index (χ2v) is 8.98. The molecule has 0 aliphatic rings. The summed E-state index contributed by atoms with van der Waals surface area (Å²) in [6.07, 6.45) is 3.19. The third-order valence-corrected chi connectivity index (χ3v) is 2.50. The molecule has 4 heteroatoms. The van der Waals surface area contributed by atoms with Crippen LogP contribution in [0.1, 0.15) is 12.6 Å². The topological polar surface area (TPSA) is 39.2 Å². The lowest BCUT2D eigenvalue weighted by Gasteiger charge is -2.21. The van der Waals surface area contributed by atoms with E-state index in [1.807, 2.05) is 18.2 Å². The van der Waals surface area contributed by atoms with Crippen molar-refractivity contribution in [1.29, 1.82) is 0 Å². The second kappa shape index (κ2) is 5.07. The lowest BCUT2D eigenvalue weighted by Crippen LogP contribution is -2.24. The molecule has 0 bridgehead atoms. The third kappa shape index (κ3) is 4.40. The van der Waals surface area contributed by atoms with E-state index in [4.69, 9.17) is 4.43 Å². The van der Waals surface area contributed by atoms with Crippen molar-refractivity contribution in [2.24, 2.45) is 0 Å². The summed E-state index contributed by atoms with van der Waals surface area (Å²) in [6.45, 7) is 7.73. The summed E-state index contributed by atoms with van der Waals surface area (Å²) in [6, 6.07) is 5.56. The molecule has 1 rings (SSSR count). The van der Waals surface area contributed by atoms with Gasteiger partial charge in [-0.25, -0.2) is 0 Å². The number of ketones is 1. The van der Waals surface area contributed by atoms with Gasteiger partial charge in [-0.2, -0.15) is 0 Å². The van der Waals surface area contributed by atoms with E-state index in [1.54, 1.807) is 6.20 Å². The molecule has 0 spiro atoms. The standard InChI is InChI=1S/C12H17NO2Si/c1-10(14)9-12(15-16(2,3)4)11-7-5-6-8-13-11/h5-9H,1-4H3/b12-9-. The van der Waals surface area contributed by atoms with Crippen molar-refractivity contribution in [1.82, 2.24) is 4.98 Å². The zero-order valence-corrected chi connectivity index (χ0v) is 11.2. The van der Waals surface area contributed by atoms with Crippen molar-refractivity contribution in [3.05, 3.63) is 36.2 Å². The van der Waals surface area contributed by atoms with E-state index >= 15 is 0 Å². The summed E-state index contributed by atoms with van der Waals surface area (Å²) in [5.41, 5.74) is 0.708. The molecule has 0 radical (unpaired) electrons. The highest BCUT2D eigenvalue weighted by Crippen LogP contribution is 2.19. The maximum atomic E-state index is 11.1. The maximum absolute atomic E-state index is 11.1. The molecular formula is C12H17NO2Si. The number of pyridine rings is 1. The fraction of sp³-hybridized carbons (Fsp3) is 0.333. The molecule has 0 aromatic carbocycles. The smallest absolute Gasteiger partial charge is 0.242 e. The summed E-state index contributed by atoms with van der Waals surface area (Å²) >= 11 is 0. The minimum Gasteiger partial charge on any atom is -0.543 e. The van der Waals surface area contributed by atoms with Gasteiger partial charge in [-0.05, 0) is 38.7 Å². The van der Waals surface area contributed by atoms with Crippen molar-refractivity contribution in [3.63, 3.8) is 0 Å². The zero-order valence-electron chi connectivity index (χ0n) is 10.2. The number of aromatic nitrogens is 1. The Morgan fingerprint density at radius 1 is 1.38 bits per heavy atom. The summed E-state index contributed by atoms with van der Waals surface area (Å²) < 4.78 is 5.85. The molecule has 16 heavy (non-hydrogen) atoms. The highest BCUT2D eigenvalue weighted by Gasteiger charge is 2.19. The van der Waals surface area contributed by atoms with Crippen LogP contribution in [-0.4, -0.2) is 19.1 Å². The Balaban J connectivity index is 3.03. The van der Waals surface area contributed by atoms with Gasteiger partial charge < -0.3 is 4.43 Å². The number of nitrogens with zero attached hydrogens (tertiary/aromatic N) is 1. The van der Waals surface area contributed by atoms with Crippen LogP contribution in [0.5, 0.6) is 0 Å². The fourth-order valence-electron chi connectivity index (χ4n) is 1.18. The molecule has 0 saturated heterocycles. The minimum atomic E-state index is -1.73. The van der Waals surface area contributed by atoms with Crippen molar-refractivity contribution in [2.45, 2.75) is 26.6 Å². The lowest BCUT2D eigenvalue weighted by molar-refractivity contribution is -0.112. The molecule has 0 amide bonds. The summed E-state index contributed by atoms with van der Waals surface area (Å²) in [5, 5.41) is 0. The van der Waals surface area contributed by atoms with Gasteiger partial charge in [0.2, 0.25) is 8.32 Å². The van der Waals surface area contributed by atoms with E-state index in [1.165, 1.54) is 13.0 Å². The van der Waals surface area contributed by atoms with Crippen LogP contribution in [0.3, 0.4) is 0 Å². The normalized spacial score (nSPS) is 12.4. The van der Waals surface area contributed by atoms with Gasteiger partial charge in [0.1, 0.15) is 11.5 Å². The first-order valence-corrected chi connectivity index (χ1v) is 8.62. The summed E-state index contributed by atoms with van der Waals surface area (Å²) in [7, 11) is -1.73. The van der Waals surface area contributed by atoms with Crippen molar-refractivity contribution >= 4 is 19.9 Å². The van der Waals surface area contributed by atoms with Crippen LogP contribution in [0.4, 0.5) is 0 Å². The molecular weight excluding hydrogens is 218 g/mol. The second-order valence-electron chi connectivity index (χ2n) is 4.55. The number of carbonyl (C=O) groups excluding carboxylic acids is 1. The molecule has 0 saturated carbocycles.